The summed E-state index contributed by atoms with van der Waals surface area (Å²) in [6.07, 6.45) is 4.68. The Morgan fingerprint density at radius 3 is 2.48 bits per heavy atom. The van der Waals surface area contributed by atoms with Crippen LogP contribution >= 0.6 is 0 Å². The maximum Gasteiger partial charge on any atom is 0.492 e. The van der Waals surface area contributed by atoms with Crippen LogP contribution < -0.4 is 11.3 Å². The van der Waals surface area contributed by atoms with Gasteiger partial charge >= 0.3 is 7.12 Å². The van der Waals surface area contributed by atoms with E-state index in [0.717, 1.165) is 0 Å². The Morgan fingerprint density at radius 1 is 1.35 bits per heavy atom. The molecule has 1 saturated heterocycles. The second-order valence-corrected chi connectivity index (χ2v) is 6.45. The SMILES string of the molecule is CC1(C)OB(C(=Cc2cncc(C(=O)NN)c2)CO)OC1(C)C. The van der Waals surface area contributed by atoms with E-state index >= 15 is 0 Å². The lowest BCUT2D eigenvalue weighted by Crippen LogP contribution is -2.41. The fourth-order valence-corrected chi connectivity index (χ4v) is 2.14. The van der Waals surface area contributed by atoms with Crippen LogP contribution in [-0.4, -0.2) is 40.9 Å². The molecule has 1 aromatic heterocycles. The summed E-state index contributed by atoms with van der Waals surface area (Å²) in [5, 5.41) is 9.66. The van der Waals surface area contributed by atoms with Gasteiger partial charge in [0.15, 0.2) is 0 Å². The molecule has 0 spiro atoms. The molecule has 1 aliphatic rings. The number of rotatable bonds is 4. The van der Waals surface area contributed by atoms with E-state index in [0.29, 0.717) is 16.6 Å². The van der Waals surface area contributed by atoms with E-state index in [2.05, 4.69) is 10.4 Å². The minimum absolute atomic E-state index is 0.232. The van der Waals surface area contributed by atoms with E-state index in [1.165, 1.54) is 6.20 Å². The number of aliphatic hydroxyl groups is 1. The fraction of sp³-hybridized carbons (Fsp3) is 0.467. The summed E-state index contributed by atoms with van der Waals surface area (Å²) < 4.78 is 11.8. The van der Waals surface area contributed by atoms with Crippen molar-refractivity contribution in [2.45, 2.75) is 38.9 Å². The molecule has 0 aliphatic carbocycles. The first-order valence-corrected chi connectivity index (χ1v) is 7.33. The number of nitrogens with two attached hydrogens (primary N) is 1. The van der Waals surface area contributed by atoms with Gasteiger partial charge in [-0.3, -0.25) is 15.2 Å². The first kappa shape index (κ1) is 17.6. The summed E-state index contributed by atoms with van der Waals surface area (Å²) in [7, 11) is -0.656. The maximum atomic E-state index is 11.6. The number of hydrazine groups is 1. The minimum atomic E-state index is -0.656. The average molecular weight is 319 g/mol. The van der Waals surface area contributed by atoms with Crippen molar-refractivity contribution in [3.8, 4) is 0 Å². The highest BCUT2D eigenvalue weighted by atomic mass is 16.7. The van der Waals surface area contributed by atoms with Crippen LogP contribution in [0, 0.1) is 0 Å². The number of carbonyl (C=O) groups excluding carboxylic acids is 1. The Morgan fingerprint density at radius 2 is 1.96 bits per heavy atom. The number of pyridine rings is 1. The zero-order valence-corrected chi connectivity index (χ0v) is 13.8. The number of nitrogens with zero attached hydrogens (tertiary/aromatic N) is 1. The first-order valence-electron chi connectivity index (χ1n) is 7.33. The van der Waals surface area contributed by atoms with Crippen molar-refractivity contribution in [3.63, 3.8) is 0 Å². The highest BCUT2D eigenvalue weighted by Crippen LogP contribution is 2.38. The molecular formula is C15H22BN3O4. The number of aromatic nitrogens is 1. The van der Waals surface area contributed by atoms with Crippen molar-refractivity contribution in [2.24, 2.45) is 5.84 Å². The van der Waals surface area contributed by atoms with Gasteiger partial charge in [-0.05, 0) is 44.8 Å². The fourth-order valence-electron chi connectivity index (χ4n) is 2.14. The molecule has 4 N–H and O–H groups in total. The third-order valence-corrected chi connectivity index (χ3v) is 4.24. The van der Waals surface area contributed by atoms with Crippen LogP contribution in [0.15, 0.2) is 23.9 Å². The normalized spacial score (nSPS) is 19.7. The van der Waals surface area contributed by atoms with Crippen molar-refractivity contribution < 1.29 is 19.2 Å². The van der Waals surface area contributed by atoms with Crippen molar-refractivity contribution >= 4 is 19.1 Å². The molecule has 2 rings (SSSR count). The zero-order chi connectivity index (χ0) is 17.3. The van der Waals surface area contributed by atoms with Crippen molar-refractivity contribution in [3.05, 3.63) is 35.1 Å². The van der Waals surface area contributed by atoms with Crippen LogP contribution in [0.5, 0.6) is 0 Å². The van der Waals surface area contributed by atoms with Crippen molar-refractivity contribution in [1.82, 2.24) is 10.4 Å². The Balaban J connectivity index is 2.28. The Hall–Kier alpha value is -1.74. The highest BCUT2D eigenvalue weighted by molar-refractivity contribution is 6.55. The summed E-state index contributed by atoms with van der Waals surface area (Å²) in [5.74, 6) is 4.68. The van der Waals surface area contributed by atoms with Gasteiger partial charge in [0.05, 0.1) is 23.4 Å². The molecular weight excluding hydrogens is 297 g/mol. The quantitative estimate of drug-likeness (QED) is 0.326. The number of hydrogen-bond acceptors (Lipinski definition) is 6. The third kappa shape index (κ3) is 3.61. The minimum Gasteiger partial charge on any atom is -0.400 e. The molecule has 0 radical (unpaired) electrons. The summed E-state index contributed by atoms with van der Waals surface area (Å²) >= 11 is 0. The van der Waals surface area contributed by atoms with Crippen LogP contribution in [0.25, 0.3) is 6.08 Å². The lowest BCUT2D eigenvalue weighted by molar-refractivity contribution is 0.00578. The number of nitrogens with one attached hydrogen (secondary N) is 1. The Kier molecular flexibility index (Phi) is 4.91. The number of amides is 1. The van der Waals surface area contributed by atoms with E-state index < -0.39 is 24.2 Å². The maximum absolute atomic E-state index is 11.6. The molecule has 0 bridgehead atoms. The first-order chi connectivity index (χ1) is 10.7. The van der Waals surface area contributed by atoms with Crippen molar-refractivity contribution in [1.29, 1.82) is 0 Å². The van der Waals surface area contributed by atoms with E-state index in [9.17, 15) is 9.90 Å². The van der Waals surface area contributed by atoms with Crippen LogP contribution in [0.2, 0.25) is 0 Å². The number of nitrogen functional groups attached to an aromatic ring is 1. The van der Waals surface area contributed by atoms with E-state index in [-0.39, 0.29) is 6.61 Å². The largest absolute Gasteiger partial charge is 0.492 e. The number of hydrogen-bond donors (Lipinski definition) is 3. The Bertz CT molecular complexity index is 615. The molecule has 1 fully saturated rings. The lowest BCUT2D eigenvalue weighted by Gasteiger charge is -2.32. The molecule has 23 heavy (non-hydrogen) atoms. The molecule has 7 nitrogen and oxygen atoms in total. The summed E-state index contributed by atoms with van der Waals surface area (Å²) in [6, 6.07) is 1.62. The Labute approximate surface area is 136 Å². The molecule has 0 atom stereocenters. The van der Waals surface area contributed by atoms with Crippen LogP contribution in [0.3, 0.4) is 0 Å². The van der Waals surface area contributed by atoms with Gasteiger partial charge in [-0.25, -0.2) is 5.84 Å². The zero-order valence-electron chi connectivity index (χ0n) is 13.8. The van der Waals surface area contributed by atoms with Gasteiger partial charge in [-0.2, -0.15) is 0 Å². The molecule has 0 aromatic carbocycles. The van der Waals surface area contributed by atoms with Gasteiger partial charge < -0.3 is 14.4 Å². The van der Waals surface area contributed by atoms with Gasteiger partial charge in [0.25, 0.3) is 5.91 Å². The van der Waals surface area contributed by atoms with Crippen molar-refractivity contribution in [2.75, 3.05) is 6.61 Å². The molecule has 124 valence electrons. The lowest BCUT2D eigenvalue weighted by atomic mass is 9.77. The van der Waals surface area contributed by atoms with E-state index in [1.807, 2.05) is 27.7 Å². The smallest absolute Gasteiger partial charge is 0.400 e. The molecule has 8 heteroatoms. The van der Waals surface area contributed by atoms with Gasteiger partial charge in [0, 0.05) is 12.4 Å². The summed E-state index contributed by atoms with van der Waals surface area (Å²) in [5.41, 5.74) is 2.59. The van der Waals surface area contributed by atoms with Crippen LogP contribution in [0.1, 0.15) is 43.6 Å². The number of carbonyl (C=O) groups is 1. The number of aliphatic hydroxyl groups excluding tert-OH is 1. The highest BCUT2D eigenvalue weighted by Gasteiger charge is 2.52. The predicted octanol–water partition coefficient (Wildman–Crippen LogP) is 0.692. The van der Waals surface area contributed by atoms with Crippen LogP contribution in [-0.2, 0) is 9.31 Å². The monoisotopic (exact) mass is 319 g/mol. The molecule has 0 saturated carbocycles. The third-order valence-electron chi connectivity index (χ3n) is 4.24. The van der Waals surface area contributed by atoms with Crippen LogP contribution in [0.4, 0.5) is 0 Å². The molecule has 1 aromatic rings. The van der Waals surface area contributed by atoms with Gasteiger partial charge in [0.2, 0.25) is 0 Å². The molecule has 1 amide bonds. The molecule has 0 unspecified atom stereocenters. The molecule has 1 aliphatic heterocycles. The summed E-state index contributed by atoms with van der Waals surface area (Å²) in [4.78, 5) is 15.6. The van der Waals surface area contributed by atoms with E-state index in [1.54, 1.807) is 18.3 Å². The summed E-state index contributed by atoms with van der Waals surface area (Å²) in [6.45, 7) is 7.53. The molecule has 2 heterocycles. The van der Waals surface area contributed by atoms with Gasteiger partial charge in [0.1, 0.15) is 0 Å². The van der Waals surface area contributed by atoms with E-state index in [4.69, 9.17) is 15.2 Å². The average Bonchev–Trinajstić information content (AvgIpc) is 2.72. The van der Waals surface area contributed by atoms with Gasteiger partial charge in [-0.1, -0.05) is 6.08 Å². The second kappa shape index (κ2) is 6.41. The predicted molar refractivity (Wildman–Crippen MR) is 87.0 cm³/mol. The van der Waals surface area contributed by atoms with Gasteiger partial charge in [-0.15, -0.1) is 0 Å². The topological polar surface area (TPSA) is 107 Å². The second-order valence-electron chi connectivity index (χ2n) is 6.45. The standard InChI is InChI=1S/C15H22BN3O4/c1-14(2)15(3,4)23-16(22-14)12(9-20)6-10-5-11(8-18-7-10)13(21)19-17/h5-8,20H,9,17H2,1-4H3,(H,19,21).